The first-order chi connectivity index (χ1) is 13.3. The fraction of sp³-hybridized carbons (Fsp3) is 0.550. The van der Waals surface area contributed by atoms with Gasteiger partial charge in [0, 0.05) is 32.1 Å². The maximum atomic E-state index is 5.36. The van der Waals surface area contributed by atoms with E-state index in [1.807, 2.05) is 24.3 Å². The summed E-state index contributed by atoms with van der Waals surface area (Å²) in [5.74, 6) is 3.00. The van der Waals surface area contributed by atoms with Gasteiger partial charge in [-0.3, -0.25) is 4.99 Å². The largest absolute Gasteiger partial charge is 0.497 e. The van der Waals surface area contributed by atoms with Gasteiger partial charge >= 0.3 is 0 Å². The minimum Gasteiger partial charge on any atom is -0.497 e. The highest BCUT2D eigenvalue weighted by Gasteiger charge is 2.08. The molecule has 2 rings (SSSR count). The molecular formula is C20H31N5O2. The Balaban J connectivity index is 1.64. The minimum atomic E-state index is 0.622. The SMILES string of the molecule is CCCCNC(=NC)NCCCCCc1nc(-c2ccc(OC)cc2)no1. The number of ether oxygens (including phenoxy) is 1. The van der Waals surface area contributed by atoms with E-state index >= 15 is 0 Å². The first-order valence-corrected chi connectivity index (χ1v) is 9.68. The molecule has 1 aromatic carbocycles. The average Bonchev–Trinajstić information content (AvgIpc) is 3.18. The van der Waals surface area contributed by atoms with Gasteiger partial charge in [-0.1, -0.05) is 24.9 Å². The van der Waals surface area contributed by atoms with E-state index in [0.717, 1.165) is 62.5 Å². The summed E-state index contributed by atoms with van der Waals surface area (Å²) in [6.07, 6.45) is 6.33. The lowest BCUT2D eigenvalue weighted by atomic mass is 10.2. The summed E-state index contributed by atoms with van der Waals surface area (Å²) in [5, 5.41) is 10.7. The molecule has 0 atom stereocenters. The van der Waals surface area contributed by atoms with Gasteiger partial charge in [0.05, 0.1) is 7.11 Å². The molecule has 0 spiro atoms. The quantitative estimate of drug-likeness (QED) is 0.357. The maximum Gasteiger partial charge on any atom is 0.226 e. The summed E-state index contributed by atoms with van der Waals surface area (Å²) in [6.45, 7) is 4.05. The third-order valence-corrected chi connectivity index (χ3v) is 4.22. The number of nitrogens with zero attached hydrogens (tertiary/aromatic N) is 3. The lowest BCUT2D eigenvalue weighted by molar-refractivity contribution is 0.374. The molecule has 148 valence electrons. The average molecular weight is 374 g/mol. The van der Waals surface area contributed by atoms with Crippen LogP contribution in [0.25, 0.3) is 11.4 Å². The van der Waals surface area contributed by atoms with E-state index in [0.29, 0.717) is 11.7 Å². The van der Waals surface area contributed by atoms with Gasteiger partial charge in [-0.05, 0) is 43.5 Å². The maximum absolute atomic E-state index is 5.36. The van der Waals surface area contributed by atoms with Gasteiger partial charge < -0.3 is 19.9 Å². The highest BCUT2D eigenvalue weighted by molar-refractivity contribution is 5.79. The number of rotatable bonds is 11. The van der Waals surface area contributed by atoms with Crippen molar-refractivity contribution in [2.75, 3.05) is 27.2 Å². The van der Waals surface area contributed by atoms with Crippen LogP contribution in [0, 0.1) is 0 Å². The van der Waals surface area contributed by atoms with Crippen LogP contribution in [0.15, 0.2) is 33.8 Å². The van der Waals surface area contributed by atoms with Crippen molar-refractivity contribution in [1.82, 2.24) is 20.8 Å². The summed E-state index contributed by atoms with van der Waals surface area (Å²) in [6, 6.07) is 7.65. The van der Waals surface area contributed by atoms with Gasteiger partial charge in [0.15, 0.2) is 5.96 Å². The van der Waals surface area contributed by atoms with Crippen LogP contribution in [0.1, 0.15) is 44.9 Å². The number of aromatic nitrogens is 2. The molecule has 2 aromatic rings. The van der Waals surface area contributed by atoms with Crippen molar-refractivity contribution in [2.24, 2.45) is 4.99 Å². The molecular weight excluding hydrogens is 342 g/mol. The fourth-order valence-electron chi connectivity index (χ4n) is 2.60. The molecule has 0 aliphatic carbocycles. The Morgan fingerprint density at radius 2 is 1.81 bits per heavy atom. The van der Waals surface area contributed by atoms with Gasteiger partial charge in [0.1, 0.15) is 5.75 Å². The monoisotopic (exact) mass is 373 g/mol. The molecule has 0 amide bonds. The van der Waals surface area contributed by atoms with E-state index in [9.17, 15) is 0 Å². The molecule has 0 aliphatic rings. The first kappa shape index (κ1) is 20.7. The number of benzene rings is 1. The van der Waals surface area contributed by atoms with Crippen LogP contribution < -0.4 is 15.4 Å². The molecule has 0 fully saturated rings. The zero-order chi connectivity index (χ0) is 19.3. The molecule has 1 heterocycles. The molecule has 0 saturated carbocycles. The topological polar surface area (TPSA) is 84.6 Å². The minimum absolute atomic E-state index is 0.622. The molecule has 7 nitrogen and oxygen atoms in total. The number of aliphatic imine (C=N–C) groups is 1. The first-order valence-electron chi connectivity index (χ1n) is 9.68. The lowest BCUT2D eigenvalue weighted by Gasteiger charge is -2.11. The Kier molecular flexibility index (Phi) is 9.17. The third-order valence-electron chi connectivity index (χ3n) is 4.22. The third kappa shape index (κ3) is 7.29. The number of nitrogens with one attached hydrogen (secondary N) is 2. The molecule has 0 bridgehead atoms. The van der Waals surface area contributed by atoms with Crippen LogP contribution in [0.4, 0.5) is 0 Å². The van der Waals surface area contributed by atoms with Gasteiger partial charge in [0.2, 0.25) is 11.7 Å². The van der Waals surface area contributed by atoms with Crippen LogP contribution in [-0.2, 0) is 6.42 Å². The van der Waals surface area contributed by atoms with E-state index in [-0.39, 0.29) is 0 Å². The van der Waals surface area contributed by atoms with Crippen molar-refractivity contribution in [2.45, 2.75) is 45.4 Å². The normalized spacial score (nSPS) is 11.4. The van der Waals surface area contributed by atoms with Crippen LogP contribution in [0.5, 0.6) is 5.75 Å². The summed E-state index contributed by atoms with van der Waals surface area (Å²) in [7, 11) is 3.45. The van der Waals surface area contributed by atoms with E-state index in [2.05, 4.69) is 32.7 Å². The summed E-state index contributed by atoms with van der Waals surface area (Å²) in [5.41, 5.74) is 0.928. The standard InChI is InChI=1S/C20H31N5O2/c1-4-5-14-22-20(21-2)23-15-8-6-7-9-18-24-19(25-27-18)16-10-12-17(26-3)13-11-16/h10-13H,4-9,14-15H2,1-3H3,(H2,21,22,23). The van der Waals surface area contributed by atoms with E-state index < -0.39 is 0 Å². The molecule has 7 heteroatoms. The Bertz CT molecular complexity index is 682. The zero-order valence-corrected chi connectivity index (χ0v) is 16.6. The Labute approximate surface area is 161 Å². The van der Waals surface area contributed by atoms with E-state index in [1.54, 1.807) is 14.2 Å². The Hall–Kier alpha value is -2.57. The molecule has 2 N–H and O–H groups in total. The highest BCUT2D eigenvalue weighted by atomic mass is 16.5. The predicted molar refractivity (Wildman–Crippen MR) is 108 cm³/mol. The van der Waals surface area contributed by atoms with Crippen molar-refractivity contribution < 1.29 is 9.26 Å². The Morgan fingerprint density at radius 3 is 2.48 bits per heavy atom. The molecule has 0 aliphatic heterocycles. The zero-order valence-electron chi connectivity index (χ0n) is 16.6. The number of methoxy groups -OCH3 is 1. The van der Waals surface area contributed by atoms with Crippen LogP contribution in [-0.4, -0.2) is 43.3 Å². The van der Waals surface area contributed by atoms with Crippen molar-refractivity contribution >= 4 is 5.96 Å². The van der Waals surface area contributed by atoms with E-state index in [1.165, 1.54) is 6.42 Å². The summed E-state index contributed by atoms with van der Waals surface area (Å²) in [4.78, 5) is 8.69. The number of guanidine groups is 1. The predicted octanol–water partition coefficient (Wildman–Crippen LogP) is 3.42. The Morgan fingerprint density at radius 1 is 1.07 bits per heavy atom. The molecule has 0 unspecified atom stereocenters. The summed E-state index contributed by atoms with van der Waals surface area (Å²) < 4.78 is 10.5. The highest BCUT2D eigenvalue weighted by Crippen LogP contribution is 2.20. The second-order valence-electron chi connectivity index (χ2n) is 6.33. The van der Waals surface area contributed by atoms with Gasteiger partial charge in [-0.25, -0.2) is 0 Å². The van der Waals surface area contributed by atoms with E-state index in [4.69, 9.17) is 9.26 Å². The van der Waals surface area contributed by atoms with Gasteiger partial charge in [-0.15, -0.1) is 0 Å². The molecule has 27 heavy (non-hydrogen) atoms. The molecule has 0 saturated heterocycles. The van der Waals surface area contributed by atoms with Crippen LogP contribution in [0.3, 0.4) is 0 Å². The lowest BCUT2D eigenvalue weighted by Crippen LogP contribution is -2.38. The van der Waals surface area contributed by atoms with Crippen molar-refractivity contribution in [3.8, 4) is 17.1 Å². The van der Waals surface area contributed by atoms with Crippen molar-refractivity contribution in [1.29, 1.82) is 0 Å². The van der Waals surface area contributed by atoms with Gasteiger partial charge in [0.25, 0.3) is 0 Å². The fourth-order valence-corrected chi connectivity index (χ4v) is 2.60. The summed E-state index contributed by atoms with van der Waals surface area (Å²) >= 11 is 0. The number of aryl methyl sites for hydroxylation is 1. The smallest absolute Gasteiger partial charge is 0.226 e. The number of unbranched alkanes of at least 4 members (excludes halogenated alkanes) is 3. The number of hydrogen-bond donors (Lipinski definition) is 2. The second-order valence-corrected chi connectivity index (χ2v) is 6.33. The molecule has 1 aromatic heterocycles. The van der Waals surface area contributed by atoms with Crippen LogP contribution in [0.2, 0.25) is 0 Å². The molecule has 0 radical (unpaired) electrons. The van der Waals surface area contributed by atoms with Gasteiger partial charge in [-0.2, -0.15) is 4.98 Å². The van der Waals surface area contributed by atoms with Crippen molar-refractivity contribution in [3.63, 3.8) is 0 Å². The number of hydrogen-bond acceptors (Lipinski definition) is 5. The van der Waals surface area contributed by atoms with Crippen LogP contribution >= 0.6 is 0 Å². The van der Waals surface area contributed by atoms with Crippen molar-refractivity contribution in [3.05, 3.63) is 30.2 Å². The second kappa shape index (κ2) is 11.9.